The Morgan fingerprint density at radius 3 is 1.18 bits per heavy atom. The van der Waals surface area contributed by atoms with Crippen LogP contribution in [0.15, 0.2) is 9.98 Å². The van der Waals surface area contributed by atoms with Crippen molar-refractivity contribution in [3.63, 3.8) is 0 Å². The van der Waals surface area contributed by atoms with E-state index in [1.165, 1.54) is 11.8 Å². The number of thiol groups is 2. The summed E-state index contributed by atoms with van der Waals surface area (Å²) in [7, 11) is 0. The lowest BCUT2D eigenvalue weighted by Gasteiger charge is -2.32. The molecule has 20 atom stereocenters. The highest BCUT2D eigenvalue weighted by molar-refractivity contribution is 7.80. The molecule has 722 valence electrons. The average Bonchev–Trinajstić information content (AvgIpc) is 1.64. The van der Waals surface area contributed by atoms with Crippen molar-refractivity contribution < 1.29 is 132 Å². The number of hydrogen-bond donors (Lipinski definition) is 29. The number of guanidine groups is 2. The number of carbonyl (C=O) groups excluding carboxylic acids is 17. The Hall–Kier alpha value is -11.6. The Kier molecular flexibility index (Phi) is 49.1. The molecule has 2 heterocycles. The summed E-state index contributed by atoms with van der Waals surface area (Å²) < 4.78 is 0. The van der Waals surface area contributed by atoms with Crippen molar-refractivity contribution in [2.24, 2.45) is 56.2 Å². The first-order chi connectivity index (χ1) is 59.8. The van der Waals surface area contributed by atoms with Gasteiger partial charge in [-0.05, 0) is 124 Å². The van der Waals surface area contributed by atoms with Crippen LogP contribution in [0, 0.1) is 11.8 Å². The largest absolute Gasteiger partial charge is 0.481 e. The van der Waals surface area contributed by atoms with Crippen molar-refractivity contribution in [1.82, 2.24) is 84.2 Å². The number of aliphatic carboxylic acids is 3. The molecule has 2 aliphatic rings. The highest BCUT2D eigenvalue weighted by atomic mass is 32.1. The van der Waals surface area contributed by atoms with Crippen LogP contribution < -0.4 is 109 Å². The van der Waals surface area contributed by atoms with Crippen LogP contribution in [-0.2, 0) is 95.9 Å². The first-order valence-corrected chi connectivity index (χ1v) is 42.6. The van der Waals surface area contributed by atoms with Crippen molar-refractivity contribution in [3.8, 4) is 0 Å². The van der Waals surface area contributed by atoms with E-state index < -0.39 is 290 Å². The lowest BCUT2D eigenvalue weighted by molar-refractivity contribution is -0.145. The van der Waals surface area contributed by atoms with E-state index in [1.807, 2.05) is 0 Å². The predicted molar refractivity (Wildman–Crippen MR) is 460 cm³/mol. The first kappa shape index (κ1) is 113. The monoisotopic (exact) mass is 1860 g/mol. The summed E-state index contributed by atoms with van der Waals surface area (Å²) in [6.45, 7) is 11.1. The van der Waals surface area contributed by atoms with Gasteiger partial charge in [0.1, 0.15) is 103 Å². The van der Waals surface area contributed by atoms with Gasteiger partial charge in [0, 0.05) is 50.5 Å². The summed E-state index contributed by atoms with van der Waals surface area (Å²) in [5.74, 6) is -25.0. The summed E-state index contributed by atoms with van der Waals surface area (Å²) in [6, 6.07) is -27.8. The van der Waals surface area contributed by atoms with E-state index in [0.29, 0.717) is 6.42 Å². The van der Waals surface area contributed by atoms with Gasteiger partial charge in [0.2, 0.25) is 100 Å². The van der Waals surface area contributed by atoms with Crippen LogP contribution >= 0.6 is 25.3 Å². The van der Waals surface area contributed by atoms with Crippen molar-refractivity contribution in [2.45, 2.75) is 280 Å². The summed E-state index contributed by atoms with van der Waals surface area (Å²) in [6.07, 6.45) is -8.75. The zero-order valence-electron chi connectivity index (χ0n) is 72.7. The molecule has 0 aromatic rings. The van der Waals surface area contributed by atoms with Gasteiger partial charge in [0.25, 0.3) is 0 Å². The third-order valence-corrected chi connectivity index (χ3v) is 20.7. The van der Waals surface area contributed by atoms with Crippen LogP contribution in [0.1, 0.15) is 159 Å². The quantitative estimate of drug-likeness (QED) is 0.0116. The molecule has 0 radical (unpaired) electrons. The molecule has 0 saturated carbocycles. The average molecular weight is 1860 g/mol. The third-order valence-electron chi connectivity index (χ3n) is 20.0. The van der Waals surface area contributed by atoms with Crippen molar-refractivity contribution in [3.05, 3.63) is 0 Å². The molecule has 2 saturated heterocycles. The third kappa shape index (κ3) is 39.0. The van der Waals surface area contributed by atoms with E-state index >= 15 is 0 Å². The first-order valence-electron chi connectivity index (χ1n) is 41.4. The van der Waals surface area contributed by atoms with E-state index in [-0.39, 0.29) is 108 Å². The fraction of sp³-hybridized carbons (Fsp3) is 0.707. The zero-order valence-corrected chi connectivity index (χ0v) is 74.5. The lowest BCUT2D eigenvalue weighted by Crippen LogP contribution is -2.62. The van der Waals surface area contributed by atoms with Gasteiger partial charge in [0.15, 0.2) is 11.9 Å². The molecule has 51 nitrogen and oxygen atoms in total. The number of carbonyl (C=O) groups is 20. The molecule has 33 N–H and O–H groups in total. The SMILES string of the molecule is CC(C)C[C@H](NC(=O)[C@@H]1CCCN1C(=O)[C@H](CCCN=C(N)N)NC(=O)[C@H](CO)NC(=O)[C@H](CC(C)C)NC(=O)[C@@H](NC(=O)[C@H](C)NC(=O)[C@H](CS)NC(=O)[C@H](C)NC(=O)[C@H](CS)NC(=O)[C@H](CCC(N)=O)NC(=O)[C@@H]1CCCN1C(=O)[C@@H](NC(=O)[C@H](CC(=O)O)NC(=O)[C@H](CCC(=O)O)NC(=O)[C@H](CCCN=C(N)N)NC(=O)[C@@H](N)[C@@H](C)O)[C@@H](C)O)[C@@H](C)O)C(=O)O. The standard InChI is InChI=1S/C75H128N24O27S2/c1-32(2)26-43(62(114)93-46(29-100)64(116)89-42(15-11-23-83-75(80)81)71(123)98-24-12-16-49(98)68(120)92-45(73(125)126)27-33(3)4)91-70(122)55(37(8)102)96-58(110)35(6)85-65(117)47(30-127)94-57(109)34(5)84-66(118)48(31-128)95-61(113)40(18-20-51(76)104)87-67(119)50-17-13-25-99(50)72(124)56(38(9)103)97-63(115)44(28-53(107)108)90-60(112)41(19-21-52(105)106)86-59(111)39(14-10-22-82-74(78)79)88-69(121)54(77)36(7)101/h32-50,54-56,100-103,127-128H,10-31,77H2,1-9H3,(H2,76,104)(H,84,118)(H,85,117)(H,86,111)(H,87,119)(H,88,121)(H,89,116)(H,90,112)(H,91,122)(H,92,120)(H,93,114)(H,94,109)(H,95,113)(H,96,110)(H,97,115)(H,105,106)(H,107,108)(H,125,126)(H4,78,79,82)(H4,80,81,83)/t34-,35-,36+,37+,38+,39-,40-,41-,42-,43-,44-,45-,46-,47-,48-,49-,50-,54-,55-,56-/m0/s1. The number of aliphatic hydroxyl groups is 4. The summed E-state index contributed by atoms with van der Waals surface area (Å²) >= 11 is 8.32. The van der Waals surface area contributed by atoms with Gasteiger partial charge in [-0.1, -0.05) is 27.7 Å². The van der Waals surface area contributed by atoms with Crippen LogP contribution in [0.2, 0.25) is 0 Å². The van der Waals surface area contributed by atoms with Crippen LogP contribution in [0.4, 0.5) is 0 Å². The molecule has 128 heavy (non-hydrogen) atoms. The highest BCUT2D eigenvalue weighted by Crippen LogP contribution is 2.23. The van der Waals surface area contributed by atoms with Crippen molar-refractivity contribution in [1.29, 1.82) is 0 Å². The van der Waals surface area contributed by atoms with Gasteiger partial charge >= 0.3 is 17.9 Å². The smallest absolute Gasteiger partial charge is 0.326 e. The molecule has 0 bridgehead atoms. The number of aliphatic hydroxyl groups excluding tert-OH is 4. The molecular weight excluding hydrogens is 1730 g/mol. The van der Waals surface area contributed by atoms with Gasteiger partial charge < -0.3 is 154 Å². The number of nitrogens with zero attached hydrogens (tertiary/aromatic N) is 4. The minimum atomic E-state index is -2.15. The summed E-state index contributed by atoms with van der Waals surface area (Å²) in [5, 5.41) is 104. The number of hydrogen-bond acceptors (Lipinski definition) is 29. The number of amides is 17. The van der Waals surface area contributed by atoms with Crippen molar-refractivity contribution >= 4 is 156 Å². The summed E-state index contributed by atoms with van der Waals surface area (Å²) in [4.78, 5) is 280. The second-order valence-corrected chi connectivity index (χ2v) is 32.5. The van der Waals surface area contributed by atoms with E-state index in [9.17, 15) is 132 Å². The van der Waals surface area contributed by atoms with Crippen LogP contribution in [0.5, 0.6) is 0 Å². The maximum atomic E-state index is 14.4. The number of nitrogens with one attached hydrogen (secondary N) is 14. The van der Waals surface area contributed by atoms with Gasteiger partial charge in [-0.25, -0.2) is 4.79 Å². The minimum Gasteiger partial charge on any atom is -0.481 e. The molecule has 0 aliphatic carbocycles. The molecule has 0 aromatic carbocycles. The Morgan fingerprint density at radius 1 is 0.383 bits per heavy atom. The van der Waals surface area contributed by atoms with Crippen LogP contribution in [0.3, 0.4) is 0 Å². The Labute approximate surface area is 748 Å². The number of rotatable bonds is 57. The van der Waals surface area contributed by atoms with E-state index in [2.05, 4.69) is 110 Å². The normalized spacial score (nSPS) is 17.8. The van der Waals surface area contributed by atoms with Gasteiger partial charge in [-0.2, -0.15) is 25.3 Å². The molecule has 0 unspecified atom stereocenters. The molecular formula is C75H128N24O27S2. The number of carboxylic acid groups (broad SMARTS) is 3. The molecule has 0 aromatic heterocycles. The van der Waals surface area contributed by atoms with Gasteiger partial charge in [0.05, 0.1) is 31.3 Å². The van der Waals surface area contributed by atoms with E-state index in [0.717, 1.165) is 32.6 Å². The molecule has 2 rings (SSSR count). The van der Waals surface area contributed by atoms with Crippen LogP contribution in [-0.4, -0.2) is 341 Å². The molecule has 17 amide bonds. The fourth-order valence-electron chi connectivity index (χ4n) is 13.0. The second kappa shape index (κ2) is 55.9. The predicted octanol–water partition coefficient (Wildman–Crippen LogP) is -12.0. The maximum absolute atomic E-state index is 14.4. The topological polar surface area (TPSA) is 839 Å². The maximum Gasteiger partial charge on any atom is 0.326 e. The van der Waals surface area contributed by atoms with E-state index in [1.54, 1.807) is 27.7 Å². The van der Waals surface area contributed by atoms with Gasteiger partial charge in [-0.15, -0.1) is 0 Å². The second-order valence-electron chi connectivity index (χ2n) is 31.7. The molecule has 0 spiro atoms. The number of likely N-dealkylation sites (tertiary alicyclic amines) is 2. The lowest BCUT2D eigenvalue weighted by atomic mass is 10.0. The number of carboxylic acids is 3. The summed E-state index contributed by atoms with van der Waals surface area (Å²) in [5.41, 5.74) is 32.9. The fourth-order valence-corrected chi connectivity index (χ4v) is 13.5. The van der Waals surface area contributed by atoms with Gasteiger partial charge in [-0.3, -0.25) is 101 Å². The molecule has 53 heteroatoms. The zero-order chi connectivity index (χ0) is 97.4. The van der Waals surface area contributed by atoms with Crippen molar-refractivity contribution in [2.75, 3.05) is 44.3 Å². The molecule has 2 aliphatic heterocycles. The van der Waals surface area contributed by atoms with Crippen LogP contribution in [0.25, 0.3) is 0 Å². The Bertz CT molecular complexity index is 3950. The minimum absolute atomic E-state index is 0.0142. The number of primary amides is 1. The Morgan fingerprint density at radius 2 is 0.742 bits per heavy atom. The van der Waals surface area contributed by atoms with E-state index in [4.69, 9.17) is 34.4 Å². The number of aliphatic imine (C=N–C) groups is 2. The molecule has 2 fully saturated rings. The number of nitrogens with two attached hydrogens (primary N) is 6. The Balaban J connectivity index is 2.27. The highest BCUT2D eigenvalue weighted by Gasteiger charge is 2.45.